The molecule has 1 aliphatic rings. The number of nitrogens with zero attached hydrogens (tertiary/aromatic N) is 1. The van der Waals surface area contributed by atoms with E-state index >= 15 is 0 Å². The Hall–Kier alpha value is -1.29. The maximum atomic E-state index is 11.7. The second kappa shape index (κ2) is 4.98. The van der Waals surface area contributed by atoms with Gasteiger partial charge in [-0.1, -0.05) is 30.0 Å². The molecule has 0 spiro atoms. The predicted octanol–water partition coefficient (Wildman–Crippen LogP) is 1.91. The van der Waals surface area contributed by atoms with Crippen molar-refractivity contribution in [2.24, 2.45) is 4.99 Å². The van der Waals surface area contributed by atoms with E-state index in [2.05, 4.69) is 10.3 Å². The number of amidine groups is 1. The van der Waals surface area contributed by atoms with Crippen LogP contribution in [0.3, 0.4) is 0 Å². The average molecular weight is 220 g/mol. The summed E-state index contributed by atoms with van der Waals surface area (Å²) in [6.45, 7) is 0.817. The molecule has 15 heavy (non-hydrogen) atoms. The minimum absolute atomic E-state index is 0.0799. The van der Waals surface area contributed by atoms with E-state index in [9.17, 15) is 4.79 Å². The molecule has 4 heteroatoms. The normalized spacial score (nSPS) is 15.6. The maximum absolute atomic E-state index is 11.7. The highest BCUT2D eigenvalue weighted by atomic mass is 32.2. The van der Waals surface area contributed by atoms with Gasteiger partial charge >= 0.3 is 0 Å². The summed E-state index contributed by atoms with van der Waals surface area (Å²) in [5.74, 6) is 0.956. The van der Waals surface area contributed by atoms with Crippen LogP contribution in [0.1, 0.15) is 16.8 Å². The molecule has 1 aromatic carbocycles. The van der Waals surface area contributed by atoms with Gasteiger partial charge in [-0.05, 0) is 18.6 Å². The number of amides is 1. The molecule has 2 rings (SSSR count). The summed E-state index contributed by atoms with van der Waals surface area (Å²) < 4.78 is 0. The molecule has 1 aromatic rings. The fourth-order valence-electron chi connectivity index (χ4n) is 1.29. The number of aliphatic imine (C=N–C) groups is 1. The van der Waals surface area contributed by atoms with E-state index in [1.54, 1.807) is 23.9 Å². The third kappa shape index (κ3) is 2.83. The fourth-order valence-corrected chi connectivity index (χ4v) is 2.11. The summed E-state index contributed by atoms with van der Waals surface area (Å²) >= 11 is 1.60. The van der Waals surface area contributed by atoms with E-state index in [0.717, 1.165) is 23.9 Å². The summed E-state index contributed by atoms with van der Waals surface area (Å²) in [5.41, 5.74) is 0.673. The van der Waals surface area contributed by atoms with Crippen LogP contribution in [0.2, 0.25) is 0 Å². The van der Waals surface area contributed by atoms with E-state index in [4.69, 9.17) is 0 Å². The second-order valence-electron chi connectivity index (χ2n) is 3.21. The smallest absolute Gasteiger partial charge is 0.257 e. The first-order valence-corrected chi connectivity index (χ1v) is 5.88. The Labute approximate surface area is 93.0 Å². The fraction of sp³-hybridized carbons (Fsp3) is 0.273. The van der Waals surface area contributed by atoms with Gasteiger partial charge in [0.25, 0.3) is 5.91 Å². The number of benzene rings is 1. The molecule has 1 N–H and O–H groups in total. The molecule has 1 aliphatic heterocycles. The van der Waals surface area contributed by atoms with E-state index < -0.39 is 0 Å². The van der Waals surface area contributed by atoms with Crippen molar-refractivity contribution in [3.05, 3.63) is 35.9 Å². The summed E-state index contributed by atoms with van der Waals surface area (Å²) in [6.07, 6.45) is 1.09. The van der Waals surface area contributed by atoms with Crippen LogP contribution in [0.4, 0.5) is 0 Å². The van der Waals surface area contributed by atoms with Crippen LogP contribution in [0.25, 0.3) is 0 Å². The Morgan fingerprint density at radius 2 is 2.13 bits per heavy atom. The van der Waals surface area contributed by atoms with Gasteiger partial charge in [-0.2, -0.15) is 0 Å². The molecule has 0 fully saturated rings. The van der Waals surface area contributed by atoms with Crippen molar-refractivity contribution in [3.63, 3.8) is 0 Å². The first kappa shape index (κ1) is 10.2. The number of carbonyl (C=O) groups is 1. The minimum atomic E-state index is -0.0799. The summed E-state index contributed by atoms with van der Waals surface area (Å²) in [5, 5.41) is 3.55. The molecule has 0 radical (unpaired) electrons. The maximum Gasteiger partial charge on any atom is 0.257 e. The molecule has 3 nitrogen and oxygen atoms in total. The van der Waals surface area contributed by atoms with E-state index in [1.165, 1.54) is 0 Å². The van der Waals surface area contributed by atoms with E-state index in [1.807, 2.05) is 18.2 Å². The third-order valence-electron chi connectivity index (χ3n) is 2.05. The summed E-state index contributed by atoms with van der Waals surface area (Å²) in [6, 6.07) is 9.19. The molecule has 0 saturated heterocycles. The summed E-state index contributed by atoms with van der Waals surface area (Å²) in [4.78, 5) is 16.0. The second-order valence-corrected chi connectivity index (χ2v) is 4.29. The zero-order valence-corrected chi connectivity index (χ0v) is 9.09. The zero-order chi connectivity index (χ0) is 10.5. The molecule has 1 heterocycles. The third-order valence-corrected chi connectivity index (χ3v) is 3.05. The van der Waals surface area contributed by atoms with Gasteiger partial charge in [0.2, 0.25) is 0 Å². The number of hydrogen-bond donors (Lipinski definition) is 1. The number of nitrogens with one attached hydrogen (secondary N) is 1. The van der Waals surface area contributed by atoms with Gasteiger partial charge in [-0.15, -0.1) is 0 Å². The number of rotatable bonds is 1. The molecule has 0 unspecified atom stereocenters. The Morgan fingerprint density at radius 3 is 2.80 bits per heavy atom. The molecular formula is C11H12N2OS. The molecule has 0 saturated carbocycles. The lowest BCUT2D eigenvalue weighted by atomic mass is 10.2. The summed E-state index contributed by atoms with van der Waals surface area (Å²) in [7, 11) is 0. The predicted molar refractivity (Wildman–Crippen MR) is 63.3 cm³/mol. The topological polar surface area (TPSA) is 41.5 Å². The number of thioether (sulfide) groups is 1. The van der Waals surface area contributed by atoms with Crippen LogP contribution in [0, 0.1) is 0 Å². The van der Waals surface area contributed by atoms with Crippen molar-refractivity contribution in [1.82, 2.24) is 5.32 Å². The average Bonchev–Trinajstić information content (AvgIpc) is 2.31. The van der Waals surface area contributed by atoms with Crippen molar-refractivity contribution < 1.29 is 4.79 Å². The van der Waals surface area contributed by atoms with Crippen LogP contribution in [0.15, 0.2) is 35.3 Å². The lowest BCUT2D eigenvalue weighted by Gasteiger charge is -2.11. The lowest BCUT2D eigenvalue weighted by Crippen LogP contribution is -2.30. The molecular weight excluding hydrogens is 208 g/mol. The molecule has 0 aliphatic carbocycles. The SMILES string of the molecule is O=C(NC1=NCCCS1)c1ccccc1. The van der Waals surface area contributed by atoms with Crippen LogP contribution in [-0.2, 0) is 0 Å². The van der Waals surface area contributed by atoms with Crippen LogP contribution in [0.5, 0.6) is 0 Å². The van der Waals surface area contributed by atoms with Crippen molar-refractivity contribution in [2.75, 3.05) is 12.3 Å². The standard InChI is InChI=1S/C11H12N2OS/c14-10(9-5-2-1-3-6-9)13-11-12-7-4-8-15-11/h1-3,5-6H,4,7-8H2,(H,12,13,14). The van der Waals surface area contributed by atoms with Gasteiger partial charge in [0.1, 0.15) is 0 Å². The van der Waals surface area contributed by atoms with Gasteiger partial charge in [0.15, 0.2) is 5.17 Å². The molecule has 0 aromatic heterocycles. The van der Waals surface area contributed by atoms with Crippen molar-refractivity contribution in [1.29, 1.82) is 0 Å². The lowest BCUT2D eigenvalue weighted by molar-refractivity contribution is 0.0978. The van der Waals surface area contributed by atoms with E-state index in [0.29, 0.717) is 5.56 Å². The zero-order valence-electron chi connectivity index (χ0n) is 8.27. The Kier molecular flexibility index (Phi) is 3.40. The highest BCUT2D eigenvalue weighted by Crippen LogP contribution is 2.10. The quantitative estimate of drug-likeness (QED) is 0.785. The Bertz CT molecular complexity index is 375. The van der Waals surface area contributed by atoms with E-state index in [-0.39, 0.29) is 5.91 Å². The van der Waals surface area contributed by atoms with Crippen molar-refractivity contribution in [3.8, 4) is 0 Å². The first-order chi connectivity index (χ1) is 7.36. The highest BCUT2D eigenvalue weighted by molar-refractivity contribution is 8.13. The van der Waals surface area contributed by atoms with Crippen molar-refractivity contribution in [2.45, 2.75) is 6.42 Å². The molecule has 0 bridgehead atoms. The largest absolute Gasteiger partial charge is 0.301 e. The van der Waals surface area contributed by atoms with Gasteiger partial charge in [0, 0.05) is 17.9 Å². The molecule has 0 atom stereocenters. The minimum Gasteiger partial charge on any atom is -0.301 e. The van der Waals surface area contributed by atoms with Gasteiger partial charge in [-0.25, -0.2) is 0 Å². The van der Waals surface area contributed by atoms with Crippen molar-refractivity contribution >= 4 is 22.8 Å². The monoisotopic (exact) mass is 220 g/mol. The van der Waals surface area contributed by atoms with Gasteiger partial charge < -0.3 is 5.32 Å². The molecule has 78 valence electrons. The number of hydrogen-bond acceptors (Lipinski definition) is 3. The number of carbonyl (C=O) groups excluding carboxylic acids is 1. The highest BCUT2D eigenvalue weighted by Gasteiger charge is 2.10. The van der Waals surface area contributed by atoms with Crippen LogP contribution in [-0.4, -0.2) is 23.4 Å². The van der Waals surface area contributed by atoms with Crippen LogP contribution >= 0.6 is 11.8 Å². The van der Waals surface area contributed by atoms with Crippen LogP contribution < -0.4 is 5.32 Å². The first-order valence-electron chi connectivity index (χ1n) is 4.90. The Balaban J connectivity index is 2.01. The van der Waals surface area contributed by atoms with Gasteiger partial charge in [-0.3, -0.25) is 9.79 Å². The van der Waals surface area contributed by atoms with Gasteiger partial charge in [0.05, 0.1) is 0 Å². The Morgan fingerprint density at radius 1 is 1.33 bits per heavy atom. The molecule has 1 amide bonds.